The highest BCUT2D eigenvalue weighted by Crippen LogP contribution is 2.13. The molecular formula is C15H17N3O. The van der Waals surface area contributed by atoms with Gasteiger partial charge in [0.15, 0.2) is 0 Å². The van der Waals surface area contributed by atoms with E-state index in [-0.39, 0.29) is 5.91 Å². The van der Waals surface area contributed by atoms with Gasteiger partial charge in [-0.05, 0) is 36.2 Å². The molecule has 0 saturated heterocycles. The van der Waals surface area contributed by atoms with Crippen LogP contribution in [0, 0.1) is 0 Å². The fourth-order valence-corrected chi connectivity index (χ4v) is 1.81. The van der Waals surface area contributed by atoms with Crippen molar-refractivity contribution in [2.45, 2.75) is 12.8 Å². The number of nitrogen functional groups attached to an aromatic ring is 1. The molecule has 1 aromatic carbocycles. The Kier molecular flexibility index (Phi) is 4.13. The number of amides is 1. The summed E-state index contributed by atoms with van der Waals surface area (Å²) in [6.45, 7) is 0. The van der Waals surface area contributed by atoms with E-state index in [0.29, 0.717) is 12.8 Å². The van der Waals surface area contributed by atoms with Crippen LogP contribution in [0.1, 0.15) is 12.0 Å². The van der Waals surface area contributed by atoms with Crippen LogP contribution in [-0.2, 0) is 11.2 Å². The molecule has 0 bridgehead atoms. The van der Waals surface area contributed by atoms with Gasteiger partial charge in [-0.1, -0.05) is 12.1 Å². The summed E-state index contributed by atoms with van der Waals surface area (Å²) < 4.78 is 0. The maximum absolute atomic E-state index is 12.1. The molecule has 0 radical (unpaired) electrons. The van der Waals surface area contributed by atoms with Crippen LogP contribution < -0.4 is 10.6 Å². The Morgan fingerprint density at radius 1 is 1.16 bits per heavy atom. The van der Waals surface area contributed by atoms with Gasteiger partial charge in [-0.2, -0.15) is 0 Å². The summed E-state index contributed by atoms with van der Waals surface area (Å²) in [4.78, 5) is 17.7. The number of nitrogens with zero attached hydrogens (tertiary/aromatic N) is 2. The van der Waals surface area contributed by atoms with Crippen LogP contribution in [-0.4, -0.2) is 17.9 Å². The lowest BCUT2D eigenvalue weighted by Crippen LogP contribution is -2.26. The van der Waals surface area contributed by atoms with E-state index < -0.39 is 0 Å². The molecule has 1 amide bonds. The molecule has 0 aliphatic heterocycles. The largest absolute Gasteiger partial charge is 0.399 e. The Hall–Kier alpha value is -2.36. The van der Waals surface area contributed by atoms with E-state index in [2.05, 4.69) is 4.98 Å². The molecule has 98 valence electrons. The molecule has 4 nitrogen and oxygen atoms in total. The Morgan fingerprint density at radius 3 is 2.42 bits per heavy atom. The minimum Gasteiger partial charge on any atom is -0.399 e. The van der Waals surface area contributed by atoms with Crippen LogP contribution >= 0.6 is 0 Å². The predicted octanol–water partition coefficient (Wildman–Crippen LogP) is 2.26. The molecule has 19 heavy (non-hydrogen) atoms. The number of aromatic nitrogens is 1. The van der Waals surface area contributed by atoms with Crippen LogP contribution in [0.15, 0.2) is 48.8 Å². The highest BCUT2D eigenvalue weighted by atomic mass is 16.2. The van der Waals surface area contributed by atoms with Crippen LogP contribution in [0.4, 0.5) is 11.4 Å². The Balaban J connectivity index is 1.93. The summed E-state index contributed by atoms with van der Waals surface area (Å²) in [5.41, 5.74) is 8.34. The van der Waals surface area contributed by atoms with E-state index in [1.807, 2.05) is 36.4 Å². The Labute approximate surface area is 112 Å². The lowest BCUT2D eigenvalue weighted by molar-refractivity contribution is -0.118. The number of hydrogen-bond donors (Lipinski definition) is 1. The van der Waals surface area contributed by atoms with E-state index >= 15 is 0 Å². The number of nitrogens with two attached hydrogens (primary N) is 1. The molecule has 0 fully saturated rings. The third-order valence-corrected chi connectivity index (χ3v) is 3.03. The molecule has 0 spiro atoms. The minimum absolute atomic E-state index is 0.0861. The first-order valence-electron chi connectivity index (χ1n) is 6.18. The van der Waals surface area contributed by atoms with Crippen LogP contribution in [0.2, 0.25) is 0 Å². The number of benzene rings is 1. The first-order chi connectivity index (χ1) is 9.16. The van der Waals surface area contributed by atoms with Gasteiger partial charge >= 0.3 is 0 Å². The van der Waals surface area contributed by atoms with Crippen molar-refractivity contribution < 1.29 is 4.79 Å². The Morgan fingerprint density at radius 2 is 1.79 bits per heavy atom. The van der Waals surface area contributed by atoms with Gasteiger partial charge in [0.05, 0.1) is 0 Å². The van der Waals surface area contributed by atoms with Crippen molar-refractivity contribution in [1.82, 2.24) is 4.98 Å². The molecule has 0 aliphatic rings. The number of rotatable bonds is 4. The second-order valence-corrected chi connectivity index (χ2v) is 4.40. The van der Waals surface area contributed by atoms with Crippen molar-refractivity contribution in [3.63, 3.8) is 0 Å². The number of carbonyl (C=O) groups excluding carboxylic acids is 1. The highest BCUT2D eigenvalue weighted by molar-refractivity contribution is 5.92. The van der Waals surface area contributed by atoms with Crippen LogP contribution in [0.25, 0.3) is 0 Å². The van der Waals surface area contributed by atoms with Crippen LogP contribution in [0.5, 0.6) is 0 Å². The van der Waals surface area contributed by atoms with Gasteiger partial charge in [0.25, 0.3) is 0 Å². The lowest BCUT2D eigenvalue weighted by Gasteiger charge is -2.16. The van der Waals surface area contributed by atoms with Crippen molar-refractivity contribution in [2.24, 2.45) is 0 Å². The molecule has 2 rings (SSSR count). The number of pyridine rings is 1. The average Bonchev–Trinajstić information content (AvgIpc) is 2.46. The third-order valence-electron chi connectivity index (χ3n) is 3.03. The summed E-state index contributed by atoms with van der Waals surface area (Å²) in [6, 6.07) is 11.3. The van der Waals surface area contributed by atoms with Gasteiger partial charge in [-0.25, -0.2) is 0 Å². The van der Waals surface area contributed by atoms with Crippen molar-refractivity contribution in [1.29, 1.82) is 0 Å². The monoisotopic (exact) mass is 255 g/mol. The second kappa shape index (κ2) is 6.00. The molecule has 0 saturated carbocycles. The van der Waals surface area contributed by atoms with Crippen LogP contribution in [0.3, 0.4) is 0 Å². The molecule has 2 aromatic rings. The molecular weight excluding hydrogens is 238 g/mol. The summed E-state index contributed by atoms with van der Waals surface area (Å²) in [5.74, 6) is 0.0861. The van der Waals surface area contributed by atoms with E-state index in [9.17, 15) is 4.79 Å². The first kappa shape index (κ1) is 13.1. The fourth-order valence-electron chi connectivity index (χ4n) is 1.81. The Bertz CT molecular complexity index is 537. The predicted molar refractivity (Wildman–Crippen MR) is 76.8 cm³/mol. The molecule has 0 unspecified atom stereocenters. The molecule has 1 aromatic heterocycles. The second-order valence-electron chi connectivity index (χ2n) is 4.40. The van der Waals surface area contributed by atoms with Crippen molar-refractivity contribution in [3.8, 4) is 0 Å². The van der Waals surface area contributed by atoms with E-state index in [1.54, 1.807) is 24.3 Å². The normalized spacial score (nSPS) is 10.2. The van der Waals surface area contributed by atoms with E-state index in [0.717, 1.165) is 16.9 Å². The van der Waals surface area contributed by atoms with Crippen molar-refractivity contribution in [3.05, 3.63) is 54.4 Å². The topological polar surface area (TPSA) is 59.2 Å². The SMILES string of the molecule is CN(C(=O)CCc1ccc(N)cc1)c1ccncc1. The fraction of sp³-hybridized carbons (Fsp3) is 0.200. The van der Waals surface area contributed by atoms with Gasteiger partial charge in [0.1, 0.15) is 0 Å². The zero-order chi connectivity index (χ0) is 13.7. The quantitative estimate of drug-likeness (QED) is 0.852. The van der Waals surface area contributed by atoms with E-state index in [1.165, 1.54) is 0 Å². The third kappa shape index (κ3) is 3.55. The molecule has 0 aliphatic carbocycles. The van der Waals surface area contributed by atoms with Crippen molar-refractivity contribution in [2.75, 3.05) is 17.7 Å². The average molecular weight is 255 g/mol. The standard InChI is InChI=1S/C15H17N3O/c1-18(14-8-10-17-11-9-14)15(19)7-4-12-2-5-13(16)6-3-12/h2-3,5-6,8-11H,4,7,16H2,1H3. The van der Waals surface area contributed by atoms with Crippen molar-refractivity contribution >= 4 is 17.3 Å². The molecule has 4 heteroatoms. The molecule has 2 N–H and O–H groups in total. The lowest BCUT2D eigenvalue weighted by atomic mass is 10.1. The smallest absolute Gasteiger partial charge is 0.227 e. The van der Waals surface area contributed by atoms with Gasteiger partial charge in [0, 0.05) is 37.2 Å². The van der Waals surface area contributed by atoms with Gasteiger partial charge in [0.2, 0.25) is 5.91 Å². The number of anilines is 2. The zero-order valence-electron chi connectivity index (χ0n) is 10.9. The summed E-state index contributed by atoms with van der Waals surface area (Å²) in [6.07, 6.45) is 4.55. The maximum atomic E-state index is 12.1. The molecule has 1 heterocycles. The minimum atomic E-state index is 0.0861. The number of hydrogen-bond acceptors (Lipinski definition) is 3. The summed E-state index contributed by atoms with van der Waals surface area (Å²) in [7, 11) is 1.78. The van der Waals surface area contributed by atoms with Gasteiger partial charge < -0.3 is 10.6 Å². The zero-order valence-corrected chi connectivity index (χ0v) is 10.9. The summed E-state index contributed by atoms with van der Waals surface area (Å²) in [5, 5.41) is 0. The van der Waals surface area contributed by atoms with Gasteiger partial charge in [-0.15, -0.1) is 0 Å². The summed E-state index contributed by atoms with van der Waals surface area (Å²) >= 11 is 0. The molecule has 0 atom stereocenters. The van der Waals surface area contributed by atoms with E-state index in [4.69, 9.17) is 5.73 Å². The highest BCUT2D eigenvalue weighted by Gasteiger charge is 2.10. The number of aryl methyl sites for hydroxylation is 1. The number of carbonyl (C=O) groups is 1. The first-order valence-corrected chi connectivity index (χ1v) is 6.18. The van der Waals surface area contributed by atoms with Gasteiger partial charge in [-0.3, -0.25) is 9.78 Å². The maximum Gasteiger partial charge on any atom is 0.227 e.